The van der Waals surface area contributed by atoms with Crippen LogP contribution in [0.3, 0.4) is 0 Å². The Hall–Kier alpha value is -1.61. The molecule has 1 aromatic heterocycles. The molecule has 0 aliphatic heterocycles. The predicted molar refractivity (Wildman–Crippen MR) is 126 cm³/mol. The zero-order valence-corrected chi connectivity index (χ0v) is 20.2. The van der Waals surface area contributed by atoms with Gasteiger partial charge in [-0.2, -0.15) is 0 Å². The second-order valence-electron chi connectivity index (χ2n) is 7.34. The lowest BCUT2D eigenvalue weighted by molar-refractivity contribution is 0.298. The van der Waals surface area contributed by atoms with Crippen molar-refractivity contribution in [3.05, 3.63) is 52.9 Å². The highest BCUT2D eigenvalue weighted by Crippen LogP contribution is 2.18. The van der Waals surface area contributed by atoms with Gasteiger partial charge in [0.25, 0.3) is 0 Å². The average Bonchev–Trinajstić information content (AvgIpc) is 3.10. The molecule has 0 aliphatic carbocycles. The van der Waals surface area contributed by atoms with E-state index in [0.717, 1.165) is 30.5 Å². The molecule has 1 aromatic carbocycles. The molecule has 0 spiro atoms. The van der Waals surface area contributed by atoms with Crippen molar-refractivity contribution in [1.82, 2.24) is 20.7 Å². The third-order valence-corrected chi connectivity index (χ3v) is 4.45. The third-order valence-electron chi connectivity index (χ3n) is 4.45. The van der Waals surface area contributed by atoms with Gasteiger partial charge in [0.1, 0.15) is 6.54 Å². The summed E-state index contributed by atoms with van der Waals surface area (Å²) in [4.78, 5) is 6.85. The fraction of sp³-hybridized carbons (Fsp3) is 0.524. The fourth-order valence-electron chi connectivity index (χ4n) is 2.75. The van der Waals surface area contributed by atoms with Crippen molar-refractivity contribution in [3.8, 4) is 0 Å². The van der Waals surface area contributed by atoms with Crippen molar-refractivity contribution >= 4 is 29.9 Å². The highest BCUT2D eigenvalue weighted by atomic mass is 127. The van der Waals surface area contributed by atoms with Crippen molar-refractivity contribution in [1.29, 1.82) is 0 Å². The molecule has 0 radical (unpaired) electrons. The Morgan fingerprint density at radius 1 is 1.18 bits per heavy atom. The van der Waals surface area contributed by atoms with E-state index in [1.54, 1.807) is 0 Å². The number of aryl methyl sites for hydroxylation is 1. The van der Waals surface area contributed by atoms with E-state index in [4.69, 9.17) is 4.52 Å². The van der Waals surface area contributed by atoms with Crippen molar-refractivity contribution in [2.45, 2.75) is 46.2 Å². The minimum absolute atomic E-state index is 0. The summed E-state index contributed by atoms with van der Waals surface area (Å²) < 4.78 is 5.38. The highest BCUT2D eigenvalue weighted by Gasteiger charge is 2.15. The predicted octanol–water partition coefficient (Wildman–Crippen LogP) is 4.08. The first kappa shape index (κ1) is 24.4. The van der Waals surface area contributed by atoms with Gasteiger partial charge < -0.3 is 20.1 Å². The topological polar surface area (TPSA) is 65.7 Å². The standard InChI is InChI=1S/C21H33N5O.HI/c1-7-22-21(23-13-18-12-19(15(2)3)25-27-18)24-14-20(26(5)6)17-10-8-16(4)9-11-17;/h8-12,15,20H,7,13-14H2,1-6H3,(H2,22,23,24);1H. The summed E-state index contributed by atoms with van der Waals surface area (Å²) >= 11 is 0. The minimum atomic E-state index is 0. The number of aromatic nitrogens is 1. The van der Waals surface area contributed by atoms with Crippen LogP contribution in [-0.4, -0.2) is 43.2 Å². The molecular weight excluding hydrogens is 465 g/mol. The van der Waals surface area contributed by atoms with Crippen LogP contribution < -0.4 is 10.6 Å². The van der Waals surface area contributed by atoms with E-state index in [-0.39, 0.29) is 30.0 Å². The van der Waals surface area contributed by atoms with Gasteiger partial charge in [-0.3, -0.25) is 0 Å². The van der Waals surface area contributed by atoms with Crippen molar-refractivity contribution in [2.75, 3.05) is 27.2 Å². The van der Waals surface area contributed by atoms with Crippen LogP contribution in [0, 0.1) is 6.92 Å². The molecule has 2 N–H and O–H groups in total. The van der Waals surface area contributed by atoms with Crippen LogP contribution in [0.1, 0.15) is 55.3 Å². The van der Waals surface area contributed by atoms with Crippen LogP contribution in [-0.2, 0) is 6.54 Å². The molecule has 0 amide bonds. The van der Waals surface area contributed by atoms with E-state index < -0.39 is 0 Å². The summed E-state index contributed by atoms with van der Waals surface area (Å²) in [6, 6.07) is 10.9. The maximum atomic E-state index is 5.38. The number of benzene rings is 1. The first-order valence-corrected chi connectivity index (χ1v) is 9.61. The number of halogens is 1. The van der Waals surface area contributed by atoms with E-state index in [0.29, 0.717) is 12.5 Å². The summed E-state index contributed by atoms with van der Waals surface area (Å²) in [6.45, 7) is 10.4. The number of hydrogen-bond donors (Lipinski definition) is 2. The van der Waals surface area contributed by atoms with Gasteiger partial charge in [-0.25, -0.2) is 4.99 Å². The Morgan fingerprint density at radius 2 is 1.86 bits per heavy atom. The fourth-order valence-corrected chi connectivity index (χ4v) is 2.75. The number of rotatable bonds is 8. The molecule has 1 atom stereocenters. The molecule has 6 nitrogen and oxygen atoms in total. The SMILES string of the molecule is CCNC(=NCc1cc(C(C)C)no1)NCC(c1ccc(C)cc1)N(C)C.I. The van der Waals surface area contributed by atoms with E-state index in [9.17, 15) is 0 Å². The minimum Gasteiger partial charge on any atom is -0.359 e. The Balaban J connectivity index is 0.00000392. The second-order valence-corrected chi connectivity index (χ2v) is 7.34. The number of guanidine groups is 1. The summed E-state index contributed by atoms with van der Waals surface area (Å²) in [7, 11) is 4.19. The molecule has 0 bridgehead atoms. The smallest absolute Gasteiger partial charge is 0.191 e. The highest BCUT2D eigenvalue weighted by molar-refractivity contribution is 14.0. The van der Waals surface area contributed by atoms with Gasteiger partial charge in [-0.05, 0) is 39.4 Å². The van der Waals surface area contributed by atoms with Gasteiger partial charge in [-0.1, -0.05) is 48.8 Å². The molecule has 0 fully saturated rings. The van der Waals surface area contributed by atoms with Crippen LogP contribution >= 0.6 is 24.0 Å². The first-order valence-electron chi connectivity index (χ1n) is 9.61. The molecule has 0 saturated heterocycles. The van der Waals surface area contributed by atoms with Crippen molar-refractivity contribution < 1.29 is 4.52 Å². The van der Waals surface area contributed by atoms with Crippen LogP contribution in [0.4, 0.5) is 0 Å². The first-order chi connectivity index (χ1) is 12.9. The Bertz CT molecular complexity index is 725. The van der Waals surface area contributed by atoms with E-state index >= 15 is 0 Å². The molecule has 1 heterocycles. The van der Waals surface area contributed by atoms with E-state index in [2.05, 4.69) is 91.7 Å². The molecule has 156 valence electrons. The summed E-state index contributed by atoms with van der Waals surface area (Å²) in [5.74, 6) is 1.91. The lowest BCUT2D eigenvalue weighted by Crippen LogP contribution is -2.41. The van der Waals surface area contributed by atoms with Gasteiger partial charge >= 0.3 is 0 Å². The van der Waals surface area contributed by atoms with Crippen LogP contribution in [0.5, 0.6) is 0 Å². The summed E-state index contributed by atoms with van der Waals surface area (Å²) in [5.41, 5.74) is 3.52. The Kier molecular flexibility index (Phi) is 10.5. The van der Waals surface area contributed by atoms with Crippen LogP contribution in [0.2, 0.25) is 0 Å². The van der Waals surface area contributed by atoms with Gasteiger partial charge in [0.15, 0.2) is 11.7 Å². The second kappa shape index (κ2) is 12.1. The number of nitrogens with zero attached hydrogens (tertiary/aromatic N) is 3. The maximum absolute atomic E-state index is 5.38. The molecule has 0 saturated carbocycles. The average molecular weight is 499 g/mol. The van der Waals surface area contributed by atoms with Crippen molar-refractivity contribution in [2.24, 2.45) is 4.99 Å². The third kappa shape index (κ3) is 7.43. The van der Waals surface area contributed by atoms with Gasteiger partial charge in [0.2, 0.25) is 0 Å². The normalized spacial score (nSPS) is 12.8. The maximum Gasteiger partial charge on any atom is 0.191 e. The molecule has 2 aromatic rings. The molecule has 28 heavy (non-hydrogen) atoms. The number of hydrogen-bond acceptors (Lipinski definition) is 4. The number of aliphatic imine (C=N–C) groups is 1. The van der Waals surface area contributed by atoms with Gasteiger partial charge in [-0.15, -0.1) is 24.0 Å². The Morgan fingerprint density at radius 3 is 2.39 bits per heavy atom. The molecule has 2 rings (SSSR count). The van der Waals surface area contributed by atoms with Crippen molar-refractivity contribution in [3.63, 3.8) is 0 Å². The zero-order valence-electron chi connectivity index (χ0n) is 17.8. The monoisotopic (exact) mass is 499 g/mol. The molecular formula is C21H34IN5O. The number of likely N-dealkylation sites (N-methyl/N-ethyl adjacent to an activating group) is 1. The van der Waals surface area contributed by atoms with E-state index in [1.807, 2.05) is 6.07 Å². The quantitative estimate of drug-likeness (QED) is 0.326. The lowest BCUT2D eigenvalue weighted by Gasteiger charge is -2.26. The van der Waals surface area contributed by atoms with E-state index in [1.165, 1.54) is 11.1 Å². The molecule has 1 unspecified atom stereocenters. The summed E-state index contributed by atoms with van der Waals surface area (Å²) in [6.07, 6.45) is 0. The lowest BCUT2D eigenvalue weighted by atomic mass is 10.0. The zero-order chi connectivity index (χ0) is 19.8. The Labute approximate surface area is 186 Å². The number of nitrogens with one attached hydrogen (secondary N) is 2. The van der Waals surface area contributed by atoms with Gasteiger partial charge in [0.05, 0.1) is 11.7 Å². The van der Waals surface area contributed by atoms with Crippen LogP contribution in [0.25, 0.3) is 0 Å². The molecule has 7 heteroatoms. The summed E-state index contributed by atoms with van der Waals surface area (Å²) in [5, 5.41) is 10.8. The molecule has 0 aliphatic rings. The van der Waals surface area contributed by atoms with Gasteiger partial charge in [0, 0.05) is 19.2 Å². The largest absolute Gasteiger partial charge is 0.359 e. The van der Waals surface area contributed by atoms with Crippen LogP contribution in [0.15, 0.2) is 39.8 Å².